The van der Waals surface area contributed by atoms with Crippen LogP contribution in [-0.2, 0) is 0 Å². The van der Waals surface area contributed by atoms with Gasteiger partial charge in [0, 0.05) is 12.5 Å². The van der Waals surface area contributed by atoms with Gasteiger partial charge in [-0.1, -0.05) is 42.5 Å². The number of carbonyl (C=O) groups excluding carboxylic acids is 1. The minimum Gasteiger partial charge on any atom is -0.497 e. The first-order chi connectivity index (χ1) is 14.1. The SMILES string of the molecule is COc1cccc(C2C(c3ccccc3)CCN2C(=O)c2ocnc2C(F)F)c1. The molecule has 1 aliphatic heterocycles. The van der Waals surface area contributed by atoms with Crippen molar-refractivity contribution in [3.05, 3.63) is 83.6 Å². The first kappa shape index (κ1) is 19.1. The van der Waals surface area contributed by atoms with Crippen LogP contribution < -0.4 is 4.74 Å². The van der Waals surface area contributed by atoms with Crippen molar-refractivity contribution in [2.24, 2.45) is 0 Å². The molecule has 0 bridgehead atoms. The van der Waals surface area contributed by atoms with Crippen LogP contribution in [0.25, 0.3) is 0 Å². The number of benzene rings is 2. The van der Waals surface area contributed by atoms with Gasteiger partial charge in [0.25, 0.3) is 12.3 Å². The van der Waals surface area contributed by atoms with Gasteiger partial charge in [0.1, 0.15) is 5.75 Å². The van der Waals surface area contributed by atoms with E-state index in [1.54, 1.807) is 12.0 Å². The van der Waals surface area contributed by atoms with E-state index in [4.69, 9.17) is 9.15 Å². The maximum atomic E-state index is 13.3. The lowest BCUT2D eigenvalue weighted by atomic mass is 9.87. The molecule has 0 aliphatic carbocycles. The minimum absolute atomic E-state index is 0.0187. The largest absolute Gasteiger partial charge is 0.497 e. The molecule has 2 heterocycles. The molecule has 0 saturated carbocycles. The smallest absolute Gasteiger partial charge is 0.292 e. The van der Waals surface area contributed by atoms with E-state index in [1.165, 1.54) is 0 Å². The summed E-state index contributed by atoms with van der Waals surface area (Å²) in [5, 5.41) is 0. The topological polar surface area (TPSA) is 55.6 Å². The molecule has 2 atom stereocenters. The molecule has 0 N–H and O–H groups in total. The van der Waals surface area contributed by atoms with Crippen molar-refractivity contribution in [2.45, 2.75) is 24.8 Å². The van der Waals surface area contributed by atoms with Crippen molar-refractivity contribution in [1.29, 1.82) is 0 Å². The maximum absolute atomic E-state index is 13.3. The fraction of sp³-hybridized carbons (Fsp3) is 0.273. The van der Waals surface area contributed by atoms with Crippen molar-refractivity contribution in [3.8, 4) is 5.75 Å². The molecule has 7 heteroatoms. The quantitative estimate of drug-likeness (QED) is 0.607. The van der Waals surface area contributed by atoms with Crippen LogP contribution in [0.5, 0.6) is 5.75 Å². The van der Waals surface area contributed by atoms with Gasteiger partial charge in [-0.3, -0.25) is 4.79 Å². The molecule has 3 aromatic rings. The third-order valence-corrected chi connectivity index (χ3v) is 5.32. The average molecular weight is 398 g/mol. The third kappa shape index (κ3) is 3.60. The van der Waals surface area contributed by atoms with Crippen LogP contribution >= 0.6 is 0 Å². The van der Waals surface area contributed by atoms with E-state index in [0.717, 1.165) is 17.5 Å². The number of hydrogen-bond donors (Lipinski definition) is 0. The van der Waals surface area contributed by atoms with Crippen LogP contribution in [0.1, 0.15) is 52.2 Å². The number of carbonyl (C=O) groups is 1. The van der Waals surface area contributed by atoms with Gasteiger partial charge in [0.2, 0.25) is 5.76 Å². The lowest BCUT2D eigenvalue weighted by molar-refractivity contribution is 0.0681. The summed E-state index contributed by atoms with van der Waals surface area (Å²) in [6.07, 6.45) is -1.29. The molecule has 0 spiro atoms. The number of halogens is 2. The second-order valence-electron chi connectivity index (χ2n) is 6.89. The number of alkyl halides is 2. The number of amides is 1. The Balaban J connectivity index is 1.76. The maximum Gasteiger partial charge on any atom is 0.292 e. The Labute approximate surface area is 166 Å². The zero-order chi connectivity index (χ0) is 20.4. The lowest BCUT2D eigenvalue weighted by Crippen LogP contribution is -2.32. The van der Waals surface area contributed by atoms with Crippen molar-refractivity contribution >= 4 is 5.91 Å². The molecule has 2 aromatic carbocycles. The first-order valence-corrected chi connectivity index (χ1v) is 9.31. The van der Waals surface area contributed by atoms with Crippen LogP contribution in [0.4, 0.5) is 8.78 Å². The van der Waals surface area contributed by atoms with Crippen LogP contribution in [0.15, 0.2) is 65.4 Å². The Morgan fingerprint density at radius 1 is 1.17 bits per heavy atom. The molecular weight excluding hydrogens is 378 g/mol. The highest BCUT2D eigenvalue weighted by Gasteiger charge is 2.41. The van der Waals surface area contributed by atoms with Crippen molar-refractivity contribution in [3.63, 3.8) is 0 Å². The number of rotatable bonds is 5. The van der Waals surface area contributed by atoms with E-state index in [0.29, 0.717) is 18.7 Å². The molecule has 1 aliphatic rings. The van der Waals surface area contributed by atoms with E-state index < -0.39 is 23.8 Å². The molecule has 4 rings (SSSR count). The average Bonchev–Trinajstić information content (AvgIpc) is 3.41. The van der Waals surface area contributed by atoms with Crippen LogP contribution in [-0.4, -0.2) is 29.4 Å². The van der Waals surface area contributed by atoms with Gasteiger partial charge in [-0.2, -0.15) is 0 Å². The first-order valence-electron chi connectivity index (χ1n) is 9.31. The van der Waals surface area contributed by atoms with Crippen molar-refractivity contribution in [2.75, 3.05) is 13.7 Å². The molecule has 29 heavy (non-hydrogen) atoms. The normalized spacial score (nSPS) is 19.0. The number of hydrogen-bond acceptors (Lipinski definition) is 4. The molecule has 1 saturated heterocycles. The number of aromatic nitrogens is 1. The Morgan fingerprint density at radius 2 is 1.93 bits per heavy atom. The molecule has 150 valence electrons. The standard InChI is InChI=1S/C22H20F2N2O3/c1-28-16-9-5-8-15(12-16)19-17(14-6-3-2-4-7-14)10-11-26(19)22(27)20-18(21(23)24)25-13-29-20/h2-9,12-13,17,19,21H,10-11H2,1H3. The van der Waals surface area contributed by atoms with Crippen LogP contribution in [0, 0.1) is 0 Å². The fourth-order valence-electron chi connectivity index (χ4n) is 4.01. The highest BCUT2D eigenvalue weighted by atomic mass is 19.3. The number of oxazole rings is 1. The monoisotopic (exact) mass is 398 g/mol. The third-order valence-electron chi connectivity index (χ3n) is 5.32. The summed E-state index contributed by atoms with van der Waals surface area (Å²) in [7, 11) is 1.58. The van der Waals surface area contributed by atoms with Gasteiger partial charge in [-0.25, -0.2) is 13.8 Å². The second-order valence-corrected chi connectivity index (χ2v) is 6.89. The van der Waals surface area contributed by atoms with Crippen LogP contribution in [0.2, 0.25) is 0 Å². The molecule has 1 aromatic heterocycles. The molecule has 0 radical (unpaired) electrons. The number of methoxy groups -OCH3 is 1. The van der Waals surface area contributed by atoms with Gasteiger partial charge < -0.3 is 14.1 Å². The van der Waals surface area contributed by atoms with Gasteiger partial charge in [0.05, 0.1) is 13.2 Å². The summed E-state index contributed by atoms with van der Waals surface area (Å²) in [4.78, 5) is 18.3. The van der Waals surface area contributed by atoms with Crippen molar-refractivity contribution < 1.29 is 22.7 Å². The van der Waals surface area contributed by atoms with E-state index in [9.17, 15) is 13.6 Å². The second kappa shape index (κ2) is 8.03. The van der Waals surface area contributed by atoms with Crippen molar-refractivity contribution in [1.82, 2.24) is 9.88 Å². The van der Waals surface area contributed by atoms with Crippen LogP contribution in [0.3, 0.4) is 0 Å². The van der Waals surface area contributed by atoms with E-state index >= 15 is 0 Å². The zero-order valence-corrected chi connectivity index (χ0v) is 15.8. The summed E-state index contributed by atoms with van der Waals surface area (Å²) in [5.74, 6) is -0.294. The number of likely N-dealkylation sites (tertiary alicyclic amines) is 1. The highest BCUT2D eigenvalue weighted by molar-refractivity contribution is 5.93. The Morgan fingerprint density at radius 3 is 2.66 bits per heavy atom. The Kier molecular flexibility index (Phi) is 5.29. The molecular formula is C22H20F2N2O3. The summed E-state index contributed by atoms with van der Waals surface area (Å²) in [6.45, 7) is 0.420. The van der Waals surface area contributed by atoms with Gasteiger partial charge in [-0.05, 0) is 29.7 Å². The lowest BCUT2D eigenvalue weighted by Gasteiger charge is -2.29. The summed E-state index contributed by atoms with van der Waals surface area (Å²) in [5.41, 5.74) is 1.34. The predicted octanol–water partition coefficient (Wildman–Crippen LogP) is 4.99. The summed E-state index contributed by atoms with van der Waals surface area (Å²) in [6, 6.07) is 17.0. The minimum atomic E-state index is -2.88. The van der Waals surface area contributed by atoms with Gasteiger partial charge >= 0.3 is 0 Å². The number of nitrogens with zero attached hydrogens (tertiary/aromatic N) is 2. The molecule has 2 unspecified atom stereocenters. The Hall–Kier alpha value is -3.22. The van der Waals surface area contributed by atoms with Gasteiger partial charge in [-0.15, -0.1) is 0 Å². The number of ether oxygens (including phenoxy) is 1. The molecule has 1 amide bonds. The van der Waals surface area contributed by atoms with E-state index in [2.05, 4.69) is 4.98 Å². The highest BCUT2D eigenvalue weighted by Crippen LogP contribution is 2.45. The molecule has 5 nitrogen and oxygen atoms in total. The fourth-order valence-corrected chi connectivity index (χ4v) is 4.01. The Bertz CT molecular complexity index is 990. The molecule has 1 fully saturated rings. The summed E-state index contributed by atoms with van der Waals surface area (Å²) < 4.78 is 36.9. The predicted molar refractivity (Wildman–Crippen MR) is 102 cm³/mol. The van der Waals surface area contributed by atoms with E-state index in [-0.39, 0.29) is 12.0 Å². The zero-order valence-electron chi connectivity index (χ0n) is 15.8. The van der Waals surface area contributed by atoms with Gasteiger partial charge in [0.15, 0.2) is 12.1 Å². The summed E-state index contributed by atoms with van der Waals surface area (Å²) >= 11 is 0. The van der Waals surface area contributed by atoms with E-state index in [1.807, 2.05) is 54.6 Å².